The maximum absolute atomic E-state index is 12.8. The molecule has 2 fully saturated rings. The van der Waals surface area contributed by atoms with Crippen molar-refractivity contribution < 1.29 is 19.1 Å². The van der Waals surface area contributed by atoms with Crippen LogP contribution in [0.2, 0.25) is 0 Å². The summed E-state index contributed by atoms with van der Waals surface area (Å²) in [6.45, 7) is 4.19. The van der Waals surface area contributed by atoms with Crippen LogP contribution < -0.4 is 14.4 Å². The van der Waals surface area contributed by atoms with Crippen LogP contribution in [0, 0.1) is 5.92 Å². The topological polar surface area (TPSA) is 59.1 Å². The number of hydrogen-bond acceptors (Lipinski definition) is 5. The zero-order valence-electron chi connectivity index (χ0n) is 13.2. The van der Waals surface area contributed by atoms with Gasteiger partial charge in [0.15, 0.2) is 11.5 Å². The van der Waals surface area contributed by atoms with Gasteiger partial charge in [-0.3, -0.25) is 14.5 Å². The monoisotopic (exact) mass is 316 g/mol. The maximum atomic E-state index is 12.8. The Bertz CT molecular complexity index is 652. The fraction of sp³-hybridized carbons (Fsp3) is 0.529. The van der Waals surface area contributed by atoms with Crippen molar-refractivity contribution in [3.63, 3.8) is 0 Å². The number of ether oxygens (including phenoxy) is 2. The van der Waals surface area contributed by atoms with Gasteiger partial charge in [0, 0.05) is 6.07 Å². The fourth-order valence-electron chi connectivity index (χ4n) is 3.54. The molecule has 3 aliphatic rings. The molecule has 0 saturated carbocycles. The molecule has 2 amide bonds. The van der Waals surface area contributed by atoms with Crippen LogP contribution >= 0.6 is 0 Å². The molecule has 122 valence electrons. The number of carbonyl (C=O) groups excluding carboxylic acids is 2. The molecule has 4 rings (SSSR count). The van der Waals surface area contributed by atoms with E-state index >= 15 is 0 Å². The zero-order valence-corrected chi connectivity index (χ0v) is 13.2. The van der Waals surface area contributed by atoms with E-state index < -0.39 is 0 Å². The van der Waals surface area contributed by atoms with Crippen molar-refractivity contribution in [2.75, 3.05) is 24.8 Å². The van der Waals surface area contributed by atoms with Crippen LogP contribution in [0.25, 0.3) is 0 Å². The molecule has 6 heteroatoms. The average Bonchev–Trinajstić information content (AvgIpc) is 3.12. The number of nitrogens with zero attached hydrogens (tertiary/aromatic N) is 2. The van der Waals surface area contributed by atoms with Crippen LogP contribution in [0.3, 0.4) is 0 Å². The first-order chi connectivity index (χ1) is 11.1. The molecule has 0 N–H and O–H groups in total. The van der Waals surface area contributed by atoms with E-state index in [0.717, 1.165) is 25.9 Å². The second-order valence-corrected chi connectivity index (χ2v) is 6.54. The van der Waals surface area contributed by atoms with Crippen molar-refractivity contribution in [3.8, 4) is 11.5 Å². The lowest BCUT2D eigenvalue weighted by molar-refractivity contribution is -0.123. The molecule has 0 spiro atoms. The minimum absolute atomic E-state index is 0.122. The number of likely N-dealkylation sites (tertiary alicyclic amines) is 1. The van der Waals surface area contributed by atoms with Crippen molar-refractivity contribution in [1.29, 1.82) is 0 Å². The number of benzene rings is 1. The lowest BCUT2D eigenvalue weighted by Crippen LogP contribution is -2.45. The standard InChI is InChI=1S/C17H20N2O4/c1-11-4-6-18(7-5-11)13-9-16(20)19(17(13)21)12-2-3-14-15(8-12)23-10-22-14/h2-3,8,11,13H,4-7,9-10H2,1H3/t13-/m1/s1. The number of hydrogen-bond donors (Lipinski definition) is 0. The van der Waals surface area contributed by atoms with Gasteiger partial charge in [-0.05, 0) is 44.0 Å². The SMILES string of the molecule is CC1CCN([C@@H]2CC(=O)N(c3ccc4c(c3)OCO4)C2=O)CC1. The molecule has 3 heterocycles. The van der Waals surface area contributed by atoms with E-state index in [4.69, 9.17) is 9.47 Å². The van der Waals surface area contributed by atoms with Crippen molar-refractivity contribution >= 4 is 17.5 Å². The molecule has 2 saturated heterocycles. The van der Waals surface area contributed by atoms with Gasteiger partial charge in [0.25, 0.3) is 5.91 Å². The van der Waals surface area contributed by atoms with Crippen molar-refractivity contribution in [1.82, 2.24) is 4.90 Å². The molecular weight excluding hydrogens is 296 g/mol. The highest BCUT2D eigenvalue weighted by atomic mass is 16.7. The Kier molecular flexibility index (Phi) is 3.49. The number of anilines is 1. The second kappa shape index (κ2) is 5.53. The largest absolute Gasteiger partial charge is 0.454 e. The molecule has 0 bridgehead atoms. The van der Waals surface area contributed by atoms with Gasteiger partial charge in [0.05, 0.1) is 18.2 Å². The van der Waals surface area contributed by atoms with E-state index in [-0.39, 0.29) is 31.1 Å². The van der Waals surface area contributed by atoms with E-state index in [9.17, 15) is 9.59 Å². The predicted octanol–water partition coefficient (Wildman–Crippen LogP) is 1.78. The highest BCUT2D eigenvalue weighted by molar-refractivity contribution is 6.22. The third kappa shape index (κ3) is 2.47. The Morgan fingerprint density at radius 2 is 1.83 bits per heavy atom. The van der Waals surface area contributed by atoms with Crippen molar-refractivity contribution in [2.24, 2.45) is 5.92 Å². The molecule has 1 aromatic rings. The summed E-state index contributed by atoms with van der Waals surface area (Å²) in [5.41, 5.74) is 0.567. The maximum Gasteiger partial charge on any atom is 0.251 e. The van der Waals surface area contributed by atoms with Crippen LogP contribution in [0.5, 0.6) is 11.5 Å². The molecule has 23 heavy (non-hydrogen) atoms. The summed E-state index contributed by atoms with van der Waals surface area (Å²) in [5.74, 6) is 1.66. The summed E-state index contributed by atoms with van der Waals surface area (Å²) >= 11 is 0. The lowest BCUT2D eigenvalue weighted by atomic mass is 9.97. The molecule has 6 nitrogen and oxygen atoms in total. The Morgan fingerprint density at radius 3 is 2.61 bits per heavy atom. The van der Waals surface area contributed by atoms with Gasteiger partial charge in [-0.15, -0.1) is 0 Å². The summed E-state index contributed by atoms with van der Waals surface area (Å²) < 4.78 is 10.6. The Hall–Kier alpha value is -2.08. The molecule has 0 aliphatic carbocycles. The lowest BCUT2D eigenvalue weighted by Gasteiger charge is -2.33. The summed E-state index contributed by atoms with van der Waals surface area (Å²) in [6.07, 6.45) is 2.44. The van der Waals surface area contributed by atoms with E-state index in [0.29, 0.717) is 23.1 Å². The van der Waals surface area contributed by atoms with Gasteiger partial charge < -0.3 is 9.47 Å². The van der Waals surface area contributed by atoms with Crippen LogP contribution in [0.15, 0.2) is 18.2 Å². The van der Waals surface area contributed by atoms with E-state index in [2.05, 4.69) is 11.8 Å². The first-order valence-electron chi connectivity index (χ1n) is 8.14. The highest BCUT2D eigenvalue weighted by Crippen LogP contribution is 2.37. The van der Waals surface area contributed by atoms with Gasteiger partial charge >= 0.3 is 0 Å². The molecule has 1 aromatic carbocycles. The molecule has 3 aliphatic heterocycles. The predicted molar refractivity (Wildman–Crippen MR) is 83.4 cm³/mol. The zero-order chi connectivity index (χ0) is 16.0. The molecule has 0 radical (unpaired) electrons. The normalized spacial score (nSPS) is 25.4. The van der Waals surface area contributed by atoms with Crippen LogP contribution in [0.4, 0.5) is 5.69 Å². The summed E-state index contributed by atoms with van der Waals surface area (Å²) in [5, 5.41) is 0. The minimum Gasteiger partial charge on any atom is -0.454 e. The fourth-order valence-corrected chi connectivity index (χ4v) is 3.54. The smallest absolute Gasteiger partial charge is 0.251 e. The summed E-state index contributed by atoms with van der Waals surface area (Å²) in [6, 6.07) is 4.87. The number of amides is 2. The Labute approximate surface area is 134 Å². The Morgan fingerprint density at radius 1 is 1.09 bits per heavy atom. The molecule has 0 unspecified atom stereocenters. The van der Waals surface area contributed by atoms with E-state index in [1.165, 1.54) is 4.90 Å². The third-order valence-corrected chi connectivity index (χ3v) is 5.00. The number of rotatable bonds is 2. The van der Waals surface area contributed by atoms with Gasteiger partial charge in [-0.1, -0.05) is 6.92 Å². The van der Waals surface area contributed by atoms with Gasteiger partial charge in [-0.25, -0.2) is 4.90 Å². The molecular formula is C17H20N2O4. The summed E-state index contributed by atoms with van der Waals surface area (Å²) in [4.78, 5) is 28.7. The third-order valence-electron chi connectivity index (χ3n) is 5.00. The molecule has 0 aromatic heterocycles. The van der Waals surface area contributed by atoms with Crippen LogP contribution in [-0.4, -0.2) is 42.6 Å². The molecule has 1 atom stereocenters. The van der Waals surface area contributed by atoms with E-state index in [1.807, 2.05) is 0 Å². The van der Waals surface area contributed by atoms with E-state index in [1.54, 1.807) is 18.2 Å². The number of imide groups is 1. The quantitative estimate of drug-likeness (QED) is 0.779. The van der Waals surface area contributed by atoms with Gasteiger partial charge in [0.1, 0.15) is 0 Å². The Balaban J connectivity index is 1.56. The first-order valence-corrected chi connectivity index (χ1v) is 8.14. The van der Waals surface area contributed by atoms with Gasteiger partial charge in [-0.2, -0.15) is 0 Å². The first kappa shape index (κ1) is 14.5. The van der Waals surface area contributed by atoms with Crippen LogP contribution in [-0.2, 0) is 9.59 Å². The van der Waals surface area contributed by atoms with Crippen molar-refractivity contribution in [2.45, 2.75) is 32.2 Å². The van der Waals surface area contributed by atoms with Crippen LogP contribution in [0.1, 0.15) is 26.2 Å². The number of carbonyl (C=O) groups is 2. The average molecular weight is 316 g/mol. The minimum atomic E-state index is -0.319. The van der Waals surface area contributed by atoms with Gasteiger partial charge in [0.2, 0.25) is 12.7 Å². The second-order valence-electron chi connectivity index (χ2n) is 6.54. The number of fused-ring (bicyclic) bond motifs is 1. The number of piperidine rings is 1. The summed E-state index contributed by atoms with van der Waals surface area (Å²) in [7, 11) is 0. The highest BCUT2D eigenvalue weighted by Gasteiger charge is 2.43. The van der Waals surface area contributed by atoms with Crippen molar-refractivity contribution in [3.05, 3.63) is 18.2 Å².